The Labute approximate surface area is 109 Å². The molecule has 0 radical (unpaired) electrons. The number of hydrogen-bond acceptors (Lipinski definition) is 3. The highest BCUT2D eigenvalue weighted by Gasteiger charge is 2.26. The zero-order valence-corrected chi connectivity index (χ0v) is 11.6. The van der Waals surface area contributed by atoms with Crippen molar-refractivity contribution < 1.29 is 0 Å². The molecule has 1 aromatic heterocycles. The summed E-state index contributed by atoms with van der Waals surface area (Å²) in [5, 5.41) is 2.17. The van der Waals surface area contributed by atoms with Gasteiger partial charge in [0.15, 0.2) is 0 Å². The maximum atomic E-state index is 5.92. The van der Waals surface area contributed by atoms with Crippen LogP contribution < -0.4 is 5.73 Å². The number of hydrogen-bond donors (Lipinski definition) is 1. The van der Waals surface area contributed by atoms with E-state index < -0.39 is 0 Å². The molecule has 96 valence electrons. The zero-order chi connectivity index (χ0) is 12.1. The van der Waals surface area contributed by atoms with Crippen LogP contribution in [0.3, 0.4) is 0 Å². The van der Waals surface area contributed by atoms with Crippen molar-refractivity contribution in [3.05, 3.63) is 22.4 Å². The van der Waals surface area contributed by atoms with Gasteiger partial charge in [-0.3, -0.25) is 4.90 Å². The molecule has 2 N–H and O–H groups in total. The topological polar surface area (TPSA) is 29.3 Å². The molecule has 1 fully saturated rings. The molecule has 3 heteroatoms. The molecule has 2 unspecified atom stereocenters. The Morgan fingerprint density at radius 1 is 1.53 bits per heavy atom. The van der Waals surface area contributed by atoms with E-state index in [0.717, 1.165) is 12.5 Å². The van der Waals surface area contributed by atoms with Crippen molar-refractivity contribution in [2.24, 2.45) is 11.7 Å². The van der Waals surface area contributed by atoms with Gasteiger partial charge in [0.25, 0.3) is 0 Å². The predicted octanol–water partition coefficient (Wildman–Crippen LogP) is 2.74. The lowest BCUT2D eigenvalue weighted by molar-refractivity contribution is 0.116. The Hall–Kier alpha value is -0.380. The minimum absolute atomic E-state index is 0.619. The minimum Gasteiger partial charge on any atom is -0.329 e. The van der Waals surface area contributed by atoms with Gasteiger partial charge in [0.1, 0.15) is 0 Å². The van der Waals surface area contributed by atoms with E-state index in [1.165, 1.54) is 43.6 Å². The minimum atomic E-state index is 0.619. The second kappa shape index (κ2) is 6.53. The molecule has 0 bridgehead atoms. The van der Waals surface area contributed by atoms with E-state index >= 15 is 0 Å². The summed E-state index contributed by atoms with van der Waals surface area (Å²) in [7, 11) is 0. The number of rotatable bonds is 5. The van der Waals surface area contributed by atoms with Crippen LogP contribution in [0.2, 0.25) is 0 Å². The quantitative estimate of drug-likeness (QED) is 0.873. The number of nitrogens with two attached hydrogens (primary N) is 1. The fourth-order valence-electron chi connectivity index (χ4n) is 2.80. The SMILES string of the molecule is CCC1CCN(CCc2cccs2)C(CN)C1. The van der Waals surface area contributed by atoms with E-state index in [2.05, 4.69) is 29.3 Å². The third kappa shape index (κ3) is 3.54. The molecule has 1 saturated heterocycles. The summed E-state index contributed by atoms with van der Waals surface area (Å²) >= 11 is 1.87. The van der Waals surface area contributed by atoms with Crippen molar-refractivity contribution in [1.29, 1.82) is 0 Å². The van der Waals surface area contributed by atoms with E-state index in [1.807, 2.05) is 11.3 Å². The van der Waals surface area contributed by atoms with Crippen LogP contribution >= 0.6 is 11.3 Å². The van der Waals surface area contributed by atoms with Gasteiger partial charge in [-0.05, 0) is 43.2 Å². The monoisotopic (exact) mass is 252 g/mol. The van der Waals surface area contributed by atoms with E-state index in [9.17, 15) is 0 Å². The molecular weight excluding hydrogens is 228 g/mol. The van der Waals surface area contributed by atoms with E-state index in [-0.39, 0.29) is 0 Å². The highest BCUT2D eigenvalue weighted by atomic mass is 32.1. The van der Waals surface area contributed by atoms with E-state index in [0.29, 0.717) is 6.04 Å². The van der Waals surface area contributed by atoms with Crippen molar-refractivity contribution in [3.8, 4) is 0 Å². The van der Waals surface area contributed by atoms with Crippen molar-refractivity contribution in [2.45, 2.75) is 38.6 Å². The van der Waals surface area contributed by atoms with E-state index in [4.69, 9.17) is 5.73 Å². The molecular formula is C14H24N2S. The highest BCUT2D eigenvalue weighted by Crippen LogP contribution is 2.25. The number of thiophene rings is 1. The normalized spacial score (nSPS) is 26.2. The van der Waals surface area contributed by atoms with Crippen LogP contribution in [-0.4, -0.2) is 30.6 Å². The molecule has 0 amide bonds. The summed E-state index contributed by atoms with van der Waals surface area (Å²) in [5.74, 6) is 0.904. The van der Waals surface area contributed by atoms with Gasteiger partial charge < -0.3 is 5.73 Å². The Morgan fingerprint density at radius 2 is 2.41 bits per heavy atom. The Bertz CT molecular complexity index is 310. The zero-order valence-electron chi connectivity index (χ0n) is 10.8. The molecule has 0 saturated carbocycles. The first-order valence-electron chi connectivity index (χ1n) is 6.80. The van der Waals surface area contributed by atoms with Crippen LogP contribution in [0, 0.1) is 5.92 Å². The lowest BCUT2D eigenvalue weighted by atomic mass is 9.89. The summed E-state index contributed by atoms with van der Waals surface area (Å²) in [4.78, 5) is 4.10. The summed E-state index contributed by atoms with van der Waals surface area (Å²) in [6, 6.07) is 5.00. The third-order valence-corrected chi connectivity index (χ3v) is 4.96. The smallest absolute Gasteiger partial charge is 0.0221 e. The van der Waals surface area contributed by atoms with Crippen LogP contribution in [0.15, 0.2) is 17.5 Å². The van der Waals surface area contributed by atoms with Crippen LogP contribution in [0.1, 0.15) is 31.1 Å². The molecule has 2 rings (SSSR count). The van der Waals surface area contributed by atoms with E-state index in [1.54, 1.807) is 0 Å². The van der Waals surface area contributed by atoms with Gasteiger partial charge in [0.05, 0.1) is 0 Å². The molecule has 1 aliphatic heterocycles. The summed E-state index contributed by atoms with van der Waals surface area (Å²) in [5.41, 5.74) is 5.92. The molecule has 2 nitrogen and oxygen atoms in total. The third-order valence-electron chi connectivity index (χ3n) is 4.02. The van der Waals surface area contributed by atoms with Crippen LogP contribution in [0.5, 0.6) is 0 Å². The standard InChI is InChI=1S/C14H24N2S/c1-2-12-5-7-16(13(10-12)11-15)8-6-14-4-3-9-17-14/h3-4,9,12-13H,2,5-8,10-11,15H2,1H3. The second-order valence-electron chi connectivity index (χ2n) is 5.05. The Balaban J connectivity index is 1.83. The largest absolute Gasteiger partial charge is 0.329 e. The second-order valence-corrected chi connectivity index (χ2v) is 6.09. The lowest BCUT2D eigenvalue weighted by Crippen LogP contribution is -2.47. The van der Waals surface area contributed by atoms with Crippen LogP contribution in [0.4, 0.5) is 0 Å². The molecule has 1 aromatic rings. The predicted molar refractivity (Wildman–Crippen MR) is 75.5 cm³/mol. The number of nitrogens with zero attached hydrogens (tertiary/aromatic N) is 1. The molecule has 0 aliphatic carbocycles. The fourth-order valence-corrected chi connectivity index (χ4v) is 3.50. The van der Waals surface area contributed by atoms with Gasteiger partial charge in [-0.1, -0.05) is 19.4 Å². The summed E-state index contributed by atoms with van der Waals surface area (Å²) in [6.07, 6.45) is 5.16. The van der Waals surface area contributed by atoms with Gasteiger partial charge >= 0.3 is 0 Å². The molecule has 0 aromatic carbocycles. The van der Waals surface area contributed by atoms with Gasteiger partial charge in [-0.25, -0.2) is 0 Å². The van der Waals surface area contributed by atoms with Crippen molar-refractivity contribution in [1.82, 2.24) is 4.90 Å². The van der Waals surface area contributed by atoms with Crippen molar-refractivity contribution >= 4 is 11.3 Å². The Kier molecular flexibility index (Phi) is 5.01. The first kappa shape index (κ1) is 13.1. The van der Waals surface area contributed by atoms with Gasteiger partial charge in [-0.2, -0.15) is 0 Å². The van der Waals surface area contributed by atoms with Crippen LogP contribution in [-0.2, 0) is 6.42 Å². The molecule has 1 aliphatic rings. The van der Waals surface area contributed by atoms with Crippen molar-refractivity contribution in [2.75, 3.05) is 19.6 Å². The van der Waals surface area contributed by atoms with Gasteiger partial charge in [-0.15, -0.1) is 11.3 Å². The number of likely N-dealkylation sites (tertiary alicyclic amines) is 1. The average molecular weight is 252 g/mol. The van der Waals surface area contributed by atoms with Crippen LogP contribution in [0.25, 0.3) is 0 Å². The summed E-state index contributed by atoms with van der Waals surface area (Å²) in [6.45, 7) is 5.55. The molecule has 2 heterocycles. The van der Waals surface area contributed by atoms with Gasteiger partial charge in [0.2, 0.25) is 0 Å². The van der Waals surface area contributed by atoms with Crippen molar-refractivity contribution in [3.63, 3.8) is 0 Å². The fraction of sp³-hybridized carbons (Fsp3) is 0.714. The maximum Gasteiger partial charge on any atom is 0.0221 e. The average Bonchev–Trinajstić information content (AvgIpc) is 2.89. The van der Waals surface area contributed by atoms with Gasteiger partial charge in [0, 0.05) is 24.0 Å². The first-order valence-corrected chi connectivity index (χ1v) is 7.68. The summed E-state index contributed by atoms with van der Waals surface area (Å²) < 4.78 is 0. The molecule has 17 heavy (non-hydrogen) atoms. The molecule has 2 atom stereocenters. The first-order chi connectivity index (χ1) is 8.33. The maximum absolute atomic E-state index is 5.92. The number of piperidine rings is 1. The molecule has 0 spiro atoms. The lowest BCUT2D eigenvalue weighted by Gasteiger charge is -2.38. The highest BCUT2D eigenvalue weighted by molar-refractivity contribution is 7.09. The Morgan fingerprint density at radius 3 is 3.06 bits per heavy atom.